The molecule has 1 aliphatic rings. The quantitative estimate of drug-likeness (QED) is 0.907. The van der Waals surface area contributed by atoms with Gasteiger partial charge < -0.3 is 5.73 Å². The third kappa shape index (κ3) is 2.10. The number of aromatic nitrogens is 2. The fraction of sp³-hybridized carbons (Fsp3) is 0.231. The van der Waals surface area contributed by atoms with E-state index in [0.29, 0.717) is 22.6 Å². The highest BCUT2D eigenvalue weighted by Crippen LogP contribution is 2.44. The lowest BCUT2D eigenvalue weighted by molar-refractivity contribution is 0.984. The van der Waals surface area contributed by atoms with Crippen LogP contribution in [0.15, 0.2) is 28.7 Å². The highest BCUT2D eigenvalue weighted by molar-refractivity contribution is 9.10. The van der Waals surface area contributed by atoms with Crippen molar-refractivity contribution in [2.45, 2.75) is 18.8 Å². The number of hydrogen-bond donors (Lipinski definition) is 1. The lowest BCUT2D eigenvalue weighted by Crippen LogP contribution is -2.02. The van der Waals surface area contributed by atoms with Gasteiger partial charge in [0, 0.05) is 11.5 Å². The SMILES string of the molecule is Nc1nc(-c2ccccc2Cl)nc(C2CC2)c1Br. The molecule has 3 rings (SSSR count). The molecule has 1 aromatic carbocycles. The Morgan fingerprint density at radius 3 is 2.61 bits per heavy atom. The van der Waals surface area contributed by atoms with E-state index in [1.807, 2.05) is 24.3 Å². The number of nitrogens with two attached hydrogens (primary N) is 1. The van der Waals surface area contributed by atoms with Gasteiger partial charge >= 0.3 is 0 Å². The van der Waals surface area contributed by atoms with Crippen LogP contribution in [0.2, 0.25) is 5.02 Å². The number of halogens is 2. The third-order valence-corrected chi connectivity index (χ3v) is 4.12. The number of nitrogen functional groups attached to an aromatic ring is 1. The molecule has 0 aliphatic heterocycles. The Balaban J connectivity index is 2.16. The van der Waals surface area contributed by atoms with E-state index in [4.69, 9.17) is 17.3 Å². The first-order valence-electron chi connectivity index (χ1n) is 5.74. The third-order valence-electron chi connectivity index (χ3n) is 2.98. The average molecular weight is 325 g/mol. The Kier molecular flexibility index (Phi) is 2.99. The summed E-state index contributed by atoms with van der Waals surface area (Å²) in [6.45, 7) is 0. The van der Waals surface area contributed by atoms with E-state index in [2.05, 4.69) is 25.9 Å². The van der Waals surface area contributed by atoms with E-state index in [0.717, 1.165) is 28.6 Å². The molecule has 1 fully saturated rings. The van der Waals surface area contributed by atoms with Gasteiger partial charge in [-0.15, -0.1) is 0 Å². The van der Waals surface area contributed by atoms with E-state index in [-0.39, 0.29) is 0 Å². The largest absolute Gasteiger partial charge is 0.383 e. The van der Waals surface area contributed by atoms with Crippen molar-refractivity contribution in [1.29, 1.82) is 0 Å². The normalized spacial score (nSPS) is 14.8. The molecule has 2 N–H and O–H groups in total. The first-order chi connectivity index (χ1) is 8.66. The van der Waals surface area contributed by atoms with Gasteiger partial charge in [-0.05, 0) is 40.9 Å². The smallest absolute Gasteiger partial charge is 0.163 e. The van der Waals surface area contributed by atoms with Crippen LogP contribution >= 0.6 is 27.5 Å². The summed E-state index contributed by atoms with van der Waals surface area (Å²) < 4.78 is 0.820. The van der Waals surface area contributed by atoms with Gasteiger partial charge in [0.15, 0.2) is 5.82 Å². The number of rotatable bonds is 2. The summed E-state index contributed by atoms with van der Waals surface area (Å²) in [4.78, 5) is 8.91. The summed E-state index contributed by atoms with van der Waals surface area (Å²) >= 11 is 9.63. The van der Waals surface area contributed by atoms with E-state index in [9.17, 15) is 0 Å². The van der Waals surface area contributed by atoms with E-state index < -0.39 is 0 Å². The fourth-order valence-electron chi connectivity index (χ4n) is 1.87. The molecule has 18 heavy (non-hydrogen) atoms. The Morgan fingerprint density at radius 2 is 1.94 bits per heavy atom. The van der Waals surface area contributed by atoms with Crippen molar-refractivity contribution in [2.24, 2.45) is 0 Å². The molecule has 0 atom stereocenters. The molecule has 2 aromatic rings. The number of hydrogen-bond acceptors (Lipinski definition) is 3. The number of anilines is 1. The molecular weight excluding hydrogens is 314 g/mol. The molecule has 0 bridgehead atoms. The molecule has 1 heterocycles. The second-order valence-corrected chi connectivity index (χ2v) is 5.59. The van der Waals surface area contributed by atoms with Crippen LogP contribution in [0.5, 0.6) is 0 Å². The maximum Gasteiger partial charge on any atom is 0.163 e. The van der Waals surface area contributed by atoms with Crippen molar-refractivity contribution >= 4 is 33.3 Å². The van der Waals surface area contributed by atoms with Gasteiger partial charge in [0.25, 0.3) is 0 Å². The summed E-state index contributed by atoms with van der Waals surface area (Å²) in [5.41, 5.74) is 7.75. The Bertz CT molecular complexity index is 611. The highest BCUT2D eigenvalue weighted by Gasteiger charge is 2.29. The van der Waals surface area contributed by atoms with Gasteiger partial charge in [-0.25, -0.2) is 9.97 Å². The van der Waals surface area contributed by atoms with Crippen LogP contribution in [-0.4, -0.2) is 9.97 Å². The first kappa shape index (κ1) is 11.9. The molecule has 0 radical (unpaired) electrons. The molecular formula is C13H11BrClN3. The number of nitrogens with zero attached hydrogens (tertiary/aromatic N) is 2. The summed E-state index contributed by atoms with van der Waals surface area (Å²) in [6, 6.07) is 7.53. The standard InChI is InChI=1S/C13H11BrClN3/c14-10-11(7-5-6-7)17-13(18-12(10)16)8-3-1-2-4-9(8)15/h1-4,7H,5-6H2,(H2,16,17,18). The molecule has 0 amide bonds. The van der Waals surface area contributed by atoms with Crippen LogP contribution in [0.4, 0.5) is 5.82 Å². The van der Waals surface area contributed by atoms with Gasteiger partial charge in [-0.1, -0.05) is 23.7 Å². The van der Waals surface area contributed by atoms with Crippen LogP contribution in [-0.2, 0) is 0 Å². The summed E-state index contributed by atoms with van der Waals surface area (Å²) in [7, 11) is 0. The van der Waals surface area contributed by atoms with Crippen LogP contribution in [0.3, 0.4) is 0 Å². The van der Waals surface area contributed by atoms with Crippen molar-refractivity contribution in [3.05, 3.63) is 39.5 Å². The second-order valence-electron chi connectivity index (χ2n) is 4.39. The first-order valence-corrected chi connectivity index (χ1v) is 6.91. The minimum absolute atomic E-state index is 0.474. The maximum atomic E-state index is 6.17. The van der Waals surface area contributed by atoms with Crippen molar-refractivity contribution in [2.75, 3.05) is 5.73 Å². The molecule has 1 saturated carbocycles. The van der Waals surface area contributed by atoms with Crippen LogP contribution < -0.4 is 5.73 Å². The second kappa shape index (κ2) is 4.52. The number of benzene rings is 1. The highest BCUT2D eigenvalue weighted by atomic mass is 79.9. The van der Waals surface area contributed by atoms with Gasteiger partial charge in [-0.2, -0.15) is 0 Å². The van der Waals surface area contributed by atoms with Crippen molar-refractivity contribution < 1.29 is 0 Å². The molecule has 0 spiro atoms. The molecule has 1 aliphatic carbocycles. The Labute approximate surface area is 119 Å². The van der Waals surface area contributed by atoms with Crippen molar-refractivity contribution in [1.82, 2.24) is 9.97 Å². The Morgan fingerprint density at radius 1 is 1.22 bits per heavy atom. The summed E-state index contributed by atoms with van der Waals surface area (Å²) in [5.74, 6) is 1.58. The van der Waals surface area contributed by atoms with E-state index in [1.165, 1.54) is 0 Å². The zero-order valence-corrected chi connectivity index (χ0v) is 11.9. The van der Waals surface area contributed by atoms with Gasteiger partial charge in [0.1, 0.15) is 5.82 Å². The predicted octanol–water partition coefficient (Wildman–Crippen LogP) is 4.02. The van der Waals surface area contributed by atoms with Crippen LogP contribution in [0.1, 0.15) is 24.5 Å². The van der Waals surface area contributed by atoms with Crippen molar-refractivity contribution in [3.63, 3.8) is 0 Å². The molecule has 92 valence electrons. The lowest BCUT2D eigenvalue weighted by Gasteiger charge is -2.09. The summed E-state index contributed by atoms with van der Waals surface area (Å²) in [5, 5.41) is 0.640. The maximum absolute atomic E-state index is 6.17. The molecule has 3 nitrogen and oxygen atoms in total. The topological polar surface area (TPSA) is 51.8 Å². The molecule has 1 aromatic heterocycles. The fourth-order valence-corrected chi connectivity index (χ4v) is 2.59. The van der Waals surface area contributed by atoms with Crippen molar-refractivity contribution in [3.8, 4) is 11.4 Å². The average Bonchev–Trinajstić information content (AvgIpc) is 3.17. The van der Waals surface area contributed by atoms with Gasteiger partial charge in [-0.3, -0.25) is 0 Å². The zero-order valence-electron chi connectivity index (χ0n) is 9.53. The molecule has 0 saturated heterocycles. The molecule has 5 heteroatoms. The van der Waals surface area contributed by atoms with Gasteiger partial charge in [0.05, 0.1) is 15.2 Å². The Hall–Kier alpha value is -1.13. The minimum atomic E-state index is 0.474. The lowest BCUT2D eigenvalue weighted by atomic mass is 10.2. The zero-order chi connectivity index (χ0) is 12.7. The van der Waals surface area contributed by atoms with Crippen LogP contribution in [0, 0.1) is 0 Å². The minimum Gasteiger partial charge on any atom is -0.383 e. The van der Waals surface area contributed by atoms with E-state index >= 15 is 0 Å². The van der Waals surface area contributed by atoms with E-state index in [1.54, 1.807) is 0 Å². The molecule has 0 unspecified atom stereocenters. The predicted molar refractivity (Wildman–Crippen MR) is 76.6 cm³/mol. The monoisotopic (exact) mass is 323 g/mol. The summed E-state index contributed by atoms with van der Waals surface area (Å²) in [6.07, 6.45) is 2.33. The van der Waals surface area contributed by atoms with Crippen LogP contribution in [0.25, 0.3) is 11.4 Å². The van der Waals surface area contributed by atoms with Gasteiger partial charge in [0.2, 0.25) is 0 Å².